The predicted octanol–water partition coefficient (Wildman–Crippen LogP) is 1.40. The largest absolute Gasteiger partial charge is 0.443 e. The van der Waals surface area contributed by atoms with Gasteiger partial charge in [0.1, 0.15) is 0 Å². The molecule has 0 aliphatic carbocycles. The minimum Gasteiger partial charge on any atom is -0.443 e. The lowest BCUT2D eigenvalue weighted by Gasteiger charge is -2.12. The maximum absolute atomic E-state index is 10.4. The van der Waals surface area contributed by atoms with Crippen LogP contribution in [0.5, 0.6) is 0 Å². The highest BCUT2D eigenvalue weighted by Gasteiger charge is 2.19. The van der Waals surface area contributed by atoms with Crippen LogP contribution in [0, 0.1) is 13.8 Å². The Kier molecular flexibility index (Phi) is 3.11. The second-order valence-corrected chi connectivity index (χ2v) is 4.12. The number of hydrogen-bond donors (Lipinski definition) is 1. The Morgan fingerprint density at radius 2 is 1.12 bits per heavy atom. The third kappa shape index (κ3) is 2.02. The van der Waals surface area contributed by atoms with Gasteiger partial charge in [0.2, 0.25) is 0 Å². The molecule has 2 aromatic carbocycles. The molecule has 0 heterocycles. The molecule has 0 spiro atoms. The summed E-state index contributed by atoms with van der Waals surface area (Å²) in [5.41, 5.74) is 4.21. The lowest BCUT2D eigenvalue weighted by Crippen LogP contribution is -2.44. The molecule has 0 saturated heterocycles. The molecular formula is C14H15BO. The molecule has 0 fully saturated rings. The van der Waals surface area contributed by atoms with Crippen LogP contribution in [0.25, 0.3) is 0 Å². The van der Waals surface area contributed by atoms with Crippen molar-refractivity contribution < 1.29 is 5.02 Å². The SMILES string of the molecule is Cc1ccccc1B(O)c1ccccc1C. The van der Waals surface area contributed by atoms with E-state index < -0.39 is 6.92 Å². The van der Waals surface area contributed by atoms with Crippen molar-refractivity contribution in [3.8, 4) is 0 Å². The molecule has 0 amide bonds. The molecule has 0 aliphatic heterocycles. The van der Waals surface area contributed by atoms with Gasteiger partial charge < -0.3 is 5.02 Å². The van der Waals surface area contributed by atoms with Crippen molar-refractivity contribution in [3.05, 3.63) is 59.7 Å². The predicted molar refractivity (Wildman–Crippen MR) is 69.6 cm³/mol. The van der Waals surface area contributed by atoms with Crippen LogP contribution in [-0.4, -0.2) is 11.9 Å². The summed E-state index contributed by atoms with van der Waals surface area (Å²) in [6.45, 7) is 3.52. The quantitative estimate of drug-likeness (QED) is 0.743. The lowest BCUT2D eigenvalue weighted by atomic mass is 9.53. The number of benzene rings is 2. The molecule has 0 atom stereocenters. The van der Waals surface area contributed by atoms with Gasteiger partial charge >= 0.3 is 6.92 Å². The van der Waals surface area contributed by atoms with Gasteiger partial charge in [0, 0.05) is 0 Å². The zero-order chi connectivity index (χ0) is 11.5. The van der Waals surface area contributed by atoms with E-state index in [9.17, 15) is 5.02 Å². The van der Waals surface area contributed by atoms with Crippen molar-refractivity contribution in [1.29, 1.82) is 0 Å². The summed E-state index contributed by atoms with van der Waals surface area (Å²) in [5, 5.41) is 10.4. The number of hydrogen-bond acceptors (Lipinski definition) is 1. The molecule has 2 aromatic rings. The maximum Gasteiger partial charge on any atom is 0.359 e. The Morgan fingerprint density at radius 3 is 1.50 bits per heavy atom. The van der Waals surface area contributed by atoms with Crippen LogP contribution >= 0.6 is 0 Å². The smallest absolute Gasteiger partial charge is 0.359 e. The van der Waals surface area contributed by atoms with E-state index in [1.165, 1.54) is 0 Å². The lowest BCUT2D eigenvalue weighted by molar-refractivity contribution is 0.599. The van der Waals surface area contributed by atoms with Crippen LogP contribution in [-0.2, 0) is 0 Å². The van der Waals surface area contributed by atoms with E-state index >= 15 is 0 Å². The van der Waals surface area contributed by atoms with Crippen molar-refractivity contribution in [1.82, 2.24) is 0 Å². The molecule has 16 heavy (non-hydrogen) atoms. The van der Waals surface area contributed by atoms with Crippen molar-refractivity contribution in [2.45, 2.75) is 13.8 Å². The van der Waals surface area contributed by atoms with Gasteiger partial charge in [-0.25, -0.2) is 0 Å². The van der Waals surface area contributed by atoms with Crippen molar-refractivity contribution in [2.75, 3.05) is 0 Å². The molecule has 0 bridgehead atoms. The van der Waals surface area contributed by atoms with Crippen LogP contribution < -0.4 is 10.9 Å². The van der Waals surface area contributed by atoms with Crippen LogP contribution in [0.3, 0.4) is 0 Å². The highest BCUT2D eigenvalue weighted by molar-refractivity contribution is 6.79. The molecule has 2 rings (SSSR count). The van der Waals surface area contributed by atoms with Crippen LogP contribution in [0.2, 0.25) is 0 Å². The van der Waals surface area contributed by atoms with Gasteiger partial charge in [0.15, 0.2) is 0 Å². The summed E-state index contributed by atoms with van der Waals surface area (Å²) in [7, 11) is 0. The molecular weight excluding hydrogens is 195 g/mol. The first-order chi connectivity index (χ1) is 7.70. The average molecular weight is 210 g/mol. The third-order valence-corrected chi connectivity index (χ3v) is 2.97. The molecule has 0 aliphatic rings. The third-order valence-electron chi connectivity index (χ3n) is 2.97. The van der Waals surface area contributed by atoms with Crippen LogP contribution in [0.15, 0.2) is 48.5 Å². The highest BCUT2D eigenvalue weighted by Crippen LogP contribution is 1.99. The van der Waals surface area contributed by atoms with E-state index in [-0.39, 0.29) is 0 Å². The Bertz CT molecular complexity index is 448. The molecule has 1 N–H and O–H groups in total. The van der Waals surface area contributed by atoms with Gasteiger partial charge in [-0.3, -0.25) is 0 Å². The first-order valence-electron chi connectivity index (χ1n) is 5.49. The summed E-state index contributed by atoms with van der Waals surface area (Å²) in [6, 6.07) is 15.9. The summed E-state index contributed by atoms with van der Waals surface area (Å²) in [5.74, 6) is 0. The van der Waals surface area contributed by atoms with E-state index in [1.807, 2.05) is 62.4 Å². The fraction of sp³-hybridized carbons (Fsp3) is 0.143. The van der Waals surface area contributed by atoms with E-state index in [0.717, 1.165) is 22.1 Å². The van der Waals surface area contributed by atoms with Crippen molar-refractivity contribution in [3.63, 3.8) is 0 Å². The molecule has 0 aromatic heterocycles. The van der Waals surface area contributed by atoms with Crippen LogP contribution in [0.1, 0.15) is 11.1 Å². The Balaban J connectivity index is 2.44. The van der Waals surface area contributed by atoms with Crippen molar-refractivity contribution in [2.24, 2.45) is 0 Å². The molecule has 0 radical (unpaired) electrons. The summed E-state index contributed by atoms with van der Waals surface area (Å²) >= 11 is 0. The highest BCUT2D eigenvalue weighted by atomic mass is 16.2. The van der Waals surface area contributed by atoms with E-state index in [1.54, 1.807) is 0 Å². The number of rotatable bonds is 2. The number of aryl methyl sites for hydroxylation is 2. The van der Waals surface area contributed by atoms with E-state index in [4.69, 9.17) is 0 Å². The van der Waals surface area contributed by atoms with Gasteiger partial charge in [0.05, 0.1) is 0 Å². The molecule has 1 nitrogen and oxygen atoms in total. The molecule has 0 saturated carbocycles. The van der Waals surface area contributed by atoms with Gasteiger partial charge in [0.25, 0.3) is 0 Å². The van der Waals surface area contributed by atoms with Crippen molar-refractivity contribution >= 4 is 17.8 Å². The second-order valence-electron chi connectivity index (χ2n) is 4.12. The maximum atomic E-state index is 10.4. The summed E-state index contributed by atoms with van der Waals surface area (Å²) < 4.78 is 0. The molecule has 2 heteroatoms. The Labute approximate surface area is 96.9 Å². The molecule has 0 unspecified atom stereocenters. The zero-order valence-corrected chi connectivity index (χ0v) is 9.64. The van der Waals surface area contributed by atoms with E-state index in [0.29, 0.717) is 0 Å². The standard InChI is InChI=1S/C14H15BO/c1-11-7-3-5-9-13(11)15(16)14-10-6-4-8-12(14)2/h3-10,16H,1-2H3. The minimum atomic E-state index is -0.526. The zero-order valence-electron chi connectivity index (χ0n) is 9.64. The first kappa shape index (κ1) is 11.0. The fourth-order valence-corrected chi connectivity index (χ4v) is 1.95. The average Bonchev–Trinajstić information content (AvgIpc) is 2.29. The fourth-order valence-electron chi connectivity index (χ4n) is 1.95. The van der Waals surface area contributed by atoms with Gasteiger partial charge in [-0.2, -0.15) is 0 Å². The summed E-state index contributed by atoms with van der Waals surface area (Å²) in [6.07, 6.45) is 0. The van der Waals surface area contributed by atoms with E-state index in [2.05, 4.69) is 0 Å². The summed E-state index contributed by atoms with van der Waals surface area (Å²) in [4.78, 5) is 0. The Morgan fingerprint density at radius 1 is 0.750 bits per heavy atom. The minimum absolute atomic E-state index is 0.526. The second kappa shape index (κ2) is 4.54. The topological polar surface area (TPSA) is 20.2 Å². The Hall–Kier alpha value is -1.54. The molecule has 80 valence electrons. The monoisotopic (exact) mass is 210 g/mol. The van der Waals surface area contributed by atoms with Gasteiger partial charge in [-0.05, 0) is 24.8 Å². The normalized spacial score (nSPS) is 10.2. The van der Waals surface area contributed by atoms with Crippen LogP contribution in [0.4, 0.5) is 0 Å². The van der Waals surface area contributed by atoms with Gasteiger partial charge in [-0.1, -0.05) is 59.7 Å². The van der Waals surface area contributed by atoms with Gasteiger partial charge in [-0.15, -0.1) is 0 Å². The first-order valence-corrected chi connectivity index (χ1v) is 5.49.